The quantitative estimate of drug-likeness (QED) is 0.795. The standard InChI is InChI=1S/C18H27N3O3/c1-5-21(13-15(22)20-18(2,3)4)16(23)11-12-19-17(24)14-9-7-6-8-10-14/h6-10H,5,11-13H2,1-4H3,(H,19,24)(H,20,22). The van der Waals surface area contributed by atoms with Crippen molar-refractivity contribution in [2.75, 3.05) is 19.6 Å². The molecule has 0 spiro atoms. The van der Waals surface area contributed by atoms with E-state index in [1.165, 1.54) is 4.90 Å². The first kappa shape index (κ1) is 19.7. The van der Waals surface area contributed by atoms with Gasteiger partial charge in [0.05, 0.1) is 6.54 Å². The second kappa shape index (κ2) is 9.05. The van der Waals surface area contributed by atoms with Gasteiger partial charge in [0, 0.05) is 30.6 Å². The number of hydrogen-bond acceptors (Lipinski definition) is 3. The molecule has 0 aromatic heterocycles. The van der Waals surface area contributed by atoms with Gasteiger partial charge in [-0.05, 0) is 39.8 Å². The van der Waals surface area contributed by atoms with Gasteiger partial charge in [-0.1, -0.05) is 18.2 Å². The minimum atomic E-state index is -0.330. The first-order chi connectivity index (χ1) is 11.2. The van der Waals surface area contributed by atoms with Crippen LogP contribution in [0.5, 0.6) is 0 Å². The van der Waals surface area contributed by atoms with Crippen molar-refractivity contribution in [2.24, 2.45) is 0 Å². The number of carbonyl (C=O) groups is 3. The maximum atomic E-state index is 12.2. The van der Waals surface area contributed by atoms with Crippen molar-refractivity contribution in [2.45, 2.75) is 39.7 Å². The van der Waals surface area contributed by atoms with E-state index in [4.69, 9.17) is 0 Å². The minimum Gasteiger partial charge on any atom is -0.352 e. The van der Waals surface area contributed by atoms with Crippen LogP contribution in [0.4, 0.5) is 0 Å². The number of benzene rings is 1. The Kier molecular flexibility index (Phi) is 7.42. The maximum absolute atomic E-state index is 12.2. The maximum Gasteiger partial charge on any atom is 0.251 e. The van der Waals surface area contributed by atoms with Gasteiger partial charge in [0.15, 0.2) is 0 Å². The lowest BCUT2D eigenvalue weighted by molar-refractivity contribution is -0.136. The molecule has 0 radical (unpaired) electrons. The highest BCUT2D eigenvalue weighted by molar-refractivity contribution is 5.94. The van der Waals surface area contributed by atoms with Crippen LogP contribution in [0, 0.1) is 0 Å². The third-order valence-electron chi connectivity index (χ3n) is 3.24. The van der Waals surface area contributed by atoms with E-state index in [9.17, 15) is 14.4 Å². The fraction of sp³-hybridized carbons (Fsp3) is 0.500. The van der Waals surface area contributed by atoms with Crippen molar-refractivity contribution in [1.29, 1.82) is 0 Å². The largest absolute Gasteiger partial charge is 0.352 e. The summed E-state index contributed by atoms with van der Waals surface area (Å²) in [6.45, 7) is 8.21. The first-order valence-corrected chi connectivity index (χ1v) is 8.15. The van der Waals surface area contributed by atoms with Crippen LogP contribution in [0.1, 0.15) is 44.5 Å². The van der Waals surface area contributed by atoms with Crippen LogP contribution in [-0.2, 0) is 9.59 Å². The number of nitrogens with one attached hydrogen (secondary N) is 2. The molecular formula is C18H27N3O3. The Morgan fingerprint density at radius 2 is 1.71 bits per heavy atom. The van der Waals surface area contributed by atoms with Crippen molar-refractivity contribution in [3.63, 3.8) is 0 Å². The van der Waals surface area contributed by atoms with E-state index in [0.29, 0.717) is 12.1 Å². The molecular weight excluding hydrogens is 306 g/mol. The Balaban J connectivity index is 2.42. The van der Waals surface area contributed by atoms with Crippen molar-refractivity contribution in [3.8, 4) is 0 Å². The summed E-state index contributed by atoms with van der Waals surface area (Å²) in [5.41, 5.74) is 0.227. The molecule has 0 aliphatic rings. The number of likely N-dealkylation sites (N-methyl/N-ethyl adjacent to an activating group) is 1. The summed E-state index contributed by atoms with van der Waals surface area (Å²) in [5.74, 6) is -0.558. The molecule has 1 aromatic rings. The van der Waals surface area contributed by atoms with Crippen LogP contribution in [-0.4, -0.2) is 47.8 Å². The average molecular weight is 333 g/mol. The summed E-state index contributed by atoms with van der Waals surface area (Å²) < 4.78 is 0. The first-order valence-electron chi connectivity index (χ1n) is 8.15. The summed E-state index contributed by atoms with van der Waals surface area (Å²) in [6, 6.07) is 8.83. The second-order valence-electron chi connectivity index (χ2n) is 6.58. The zero-order valence-electron chi connectivity index (χ0n) is 14.9. The molecule has 0 atom stereocenters. The topological polar surface area (TPSA) is 78.5 Å². The highest BCUT2D eigenvalue weighted by Gasteiger charge is 2.19. The molecule has 0 bridgehead atoms. The Morgan fingerprint density at radius 1 is 1.08 bits per heavy atom. The highest BCUT2D eigenvalue weighted by atomic mass is 16.2. The molecule has 0 saturated heterocycles. The summed E-state index contributed by atoms with van der Waals surface area (Å²) >= 11 is 0. The van der Waals surface area contributed by atoms with E-state index in [1.54, 1.807) is 24.3 Å². The van der Waals surface area contributed by atoms with E-state index in [0.717, 1.165) is 0 Å². The molecule has 0 aliphatic heterocycles. The van der Waals surface area contributed by atoms with Crippen LogP contribution in [0.2, 0.25) is 0 Å². The van der Waals surface area contributed by atoms with Crippen molar-refractivity contribution in [1.82, 2.24) is 15.5 Å². The van der Waals surface area contributed by atoms with Crippen LogP contribution in [0.3, 0.4) is 0 Å². The second-order valence-corrected chi connectivity index (χ2v) is 6.58. The predicted octanol–water partition coefficient (Wildman–Crippen LogP) is 1.57. The van der Waals surface area contributed by atoms with E-state index in [1.807, 2.05) is 33.8 Å². The van der Waals surface area contributed by atoms with Crippen LogP contribution >= 0.6 is 0 Å². The molecule has 1 aromatic carbocycles. The molecule has 0 aliphatic carbocycles. The molecule has 0 unspecified atom stereocenters. The van der Waals surface area contributed by atoms with Gasteiger partial charge in [-0.15, -0.1) is 0 Å². The number of nitrogens with zero attached hydrogens (tertiary/aromatic N) is 1. The third-order valence-corrected chi connectivity index (χ3v) is 3.24. The van der Waals surface area contributed by atoms with Crippen LogP contribution in [0.25, 0.3) is 0 Å². The SMILES string of the molecule is CCN(CC(=O)NC(C)(C)C)C(=O)CCNC(=O)c1ccccc1. The predicted molar refractivity (Wildman–Crippen MR) is 93.5 cm³/mol. The Morgan fingerprint density at radius 3 is 2.25 bits per heavy atom. The van der Waals surface area contributed by atoms with Gasteiger partial charge in [0.1, 0.15) is 0 Å². The zero-order chi connectivity index (χ0) is 18.2. The summed E-state index contributed by atoms with van der Waals surface area (Å²) in [5, 5.41) is 5.55. The minimum absolute atomic E-state index is 0.0270. The Bertz CT molecular complexity index is 565. The van der Waals surface area contributed by atoms with E-state index in [-0.39, 0.29) is 42.8 Å². The summed E-state index contributed by atoms with van der Waals surface area (Å²) in [6.07, 6.45) is 0.162. The molecule has 0 fully saturated rings. The molecule has 24 heavy (non-hydrogen) atoms. The molecule has 6 heteroatoms. The zero-order valence-corrected chi connectivity index (χ0v) is 14.9. The summed E-state index contributed by atoms with van der Waals surface area (Å²) in [4.78, 5) is 37.5. The number of rotatable bonds is 7. The lowest BCUT2D eigenvalue weighted by Crippen LogP contribution is -2.47. The van der Waals surface area contributed by atoms with E-state index in [2.05, 4.69) is 10.6 Å². The molecule has 132 valence electrons. The third kappa shape index (κ3) is 7.26. The Hall–Kier alpha value is -2.37. The van der Waals surface area contributed by atoms with Gasteiger partial charge >= 0.3 is 0 Å². The molecule has 0 heterocycles. The molecule has 3 amide bonds. The lowest BCUT2D eigenvalue weighted by atomic mass is 10.1. The fourth-order valence-electron chi connectivity index (χ4n) is 2.14. The summed E-state index contributed by atoms with van der Waals surface area (Å²) in [7, 11) is 0. The molecule has 6 nitrogen and oxygen atoms in total. The fourth-order valence-corrected chi connectivity index (χ4v) is 2.14. The smallest absolute Gasteiger partial charge is 0.251 e. The molecule has 0 saturated carbocycles. The highest BCUT2D eigenvalue weighted by Crippen LogP contribution is 2.01. The van der Waals surface area contributed by atoms with Gasteiger partial charge in [0.25, 0.3) is 5.91 Å². The lowest BCUT2D eigenvalue weighted by Gasteiger charge is -2.25. The van der Waals surface area contributed by atoms with Gasteiger partial charge in [-0.2, -0.15) is 0 Å². The van der Waals surface area contributed by atoms with Crippen molar-refractivity contribution in [3.05, 3.63) is 35.9 Å². The van der Waals surface area contributed by atoms with Crippen LogP contribution < -0.4 is 10.6 Å². The van der Waals surface area contributed by atoms with Gasteiger partial charge in [-0.3, -0.25) is 14.4 Å². The number of hydrogen-bond donors (Lipinski definition) is 2. The van der Waals surface area contributed by atoms with Gasteiger partial charge in [-0.25, -0.2) is 0 Å². The molecule has 2 N–H and O–H groups in total. The van der Waals surface area contributed by atoms with Crippen molar-refractivity contribution >= 4 is 17.7 Å². The van der Waals surface area contributed by atoms with Crippen LogP contribution in [0.15, 0.2) is 30.3 Å². The normalized spacial score (nSPS) is 10.8. The Labute approximate surface area is 143 Å². The monoisotopic (exact) mass is 333 g/mol. The average Bonchev–Trinajstić information content (AvgIpc) is 2.51. The molecule has 1 rings (SSSR count). The van der Waals surface area contributed by atoms with Gasteiger partial charge in [0.2, 0.25) is 11.8 Å². The number of amides is 3. The van der Waals surface area contributed by atoms with Crippen molar-refractivity contribution < 1.29 is 14.4 Å². The van der Waals surface area contributed by atoms with Gasteiger partial charge < -0.3 is 15.5 Å². The van der Waals surface area contributed by atoms with E-state index >= 15 is 0 Å². The van der Waals surface area contributed by atoms with E-state index < -0.39 is 0 Å². The number of carbonyl (C=O) groups excluding carboxylic acids is 3.